The zero-order valence-electron chi connectivity index (χ0n) is 17.1. The molecule has 4 bridgehead atoms. The number of rotatable bonds is 6. The van der Waals surface area contributed by atoms with Gasteiger partial charge in [-0.25, -0.2) is 5.43 Å². The number of allylic oxidation sites excluding steroid dienone is 1. The minimum Gasteiger partial charge on any atom is -0.507 e. The van der Waals surface area contributed by atoms with Gasteiger partial charge in [0.05, 0.1) is 6.21 Å². The van der Waals surface area contributed by atoms with Crippen LogP contribution in [0.5, 0.6) is 5.75 Å². The molecule has 1 amide bonds. The molecule has 0 saturated heterocycles. The van der Waals surface area contributed by atoms with Gasteiger partial charge < -0.3 is 5.11 Å². The number of nitrogens with one attached hydrogen (secondary N) is 2. The fourth-order valence-electron chi connectivity index (χ4n) is 6.40. The molecule has 3 N–H and O–H groups in total. The summed E-state index contributed by atoms with van der Waals surface area (Å²) in [5, 5.41) is 21.8. The third-order valence-corrected chi connectivity index (χ3v) is 7.30. The molecular weight excluding hydrogens is 376 g/mol. The predicted octanol–water partition coefficient (Wildman–Crippen LogP) is 4.08. The van der Waals surface area contributed by atoms with Gasteiger partial charge in [-0.3, -0.25) is 9.89 Å². The number of phenols is 1. The molecule has 4 saturated carbocycles. The van der Waals surface area contributed by atoms with Crippen LogP contribution in [0.4, 0.5) is 0 Å². The van der Waals surface area contributed by atoms with E-state index in [1.807, 2.05) is 18.2 Å². The summed E-state index contributed by atoms with van der Waals surface area (Å²) < 4.78 is 0. The number of aromatic hydroxyl groups is 1. The number of amides is 1. The van der Waals surface area contributed by atoms with Crippen LogP contribution in [-0.4, -0.2) is 27.4 Å². The van der Waals surface area contributed by atoms with E-state index in [4.69, 9.17) is 0 Å². The highest BCUT2D eigenvalue weighted by atomic mass is 16.3. The number of phenolic OH excluding ortho intramolecular Hbond substituents is 1. The Morgan fingerprint density at radius 1 is 1.27 bits per heavy atom. The number of carbonyl (C=O) groups excluding carboxylic acids is 1. The monoisotopic (exact) mass is 404 g/mol. The molecule has 1 aromatic carbocycles. The third kappa shape index (κ3) is 3.34. The highest BCUT2D eigenvalue weighted by molar-refractivity contribution is 5.93. The Balaban J connectivity index is 1.27. The van der Waals surface area contributed by atoms with Crippen molar-refractivity contribution in [1.29, 1.82) is 0 Å². The molecule has 0 spiro atoms. The molecule has 156 valence electrons. The number of H-pyrrole nitrogens is 1. The van der Waals surface area contributed by atoms with E-state index in [9.17, 15) is 9.90 Å². The Morgan fingerprint density at radius 2 is 1.97 bits per heavy atom. The number of aromatic nitrogens is 2. The van der Waals surface area contributed by atoms with Crippen molar-refractivity contribution in [2.45, 2.75) is 50.4 Å². The van der Waals surface area contributed by atoms with Gasteiger partial charge in [-0.1, -0.05) is 18.2 Å². The summed E-state index contributed by atoms with van der Waals surface area (Å²) in [4.78, 5) is 12.5. The van der Waals surface area contributed by atoms with E-state index in [1.165, 1.54) is 44.7 Å². The molecule has 4 fully saturated rings. The quantitative estimate of drug-likeness (QED) is 0.385. The number of benzene rings is 1. The van der Waals surface area contributed by atoms with Crippen LogP contribution in [0, 0.1) is 17.8 Å². The van der Waals surface area contributed by atoms with Crippen LogP contribution in [-0.2, 0) is 11.8 Å². The third-order valence-electron chi connectivity index (χ3n) is 7.30. The maximum atomic E-state index is 12.5. The Hall–Kier alpha value is -2.89. The van der Waals surface area contributed by atoms with Gasteiger partial charge in [0.1, 0.15) is 5.75 Å². The molecule has 1 heterocycles. The fraction of sp³-hybridized carbons (Fsp3) is 0.458. The topological polar surface area (TPSA) is 90.4 Å². The summed E-state index contributed by atoms with van der Waals surface area (Å²) in [7, 11) is 0. The highest BCUT2D eigenvalue weighted by Crippen LogP contribution is 2.60. The number of para-hydroxylation sites is 1. The maximum Gasteiger partial charge on any atom is 0.291 e. The minimum atomic E-state index is -0.347. The molecule has 6 heteroatoms. The molecule has 2 aromatic rings. The largest absolute Gasteiger partial charge is 0.507 e. The van der Waals surface area contributed by atoms with Gasteiger partial charge in [0.15, 0.2) is 5.69 Å². The number of hydrogen-bond acceptors (Lipinski definition) is 4. The molecule has 6 rings (SSSR count). The maximum absolute atomic E-state index is 12.5. The Labute approximate surface area is 176 Å². The van der Waals surface area contributed by atoms with Gasteiger partial charge in [-0.05, 0) is 80.4 Å². The van der Waals surface area contributed by atoms with Gasteiger partial charge in [0.2, 0.25) is 0 Å². The molecular formula is C24H28N4O2. The molecule has 4 aliphatic carbocycles. The van der Waals surface area contributed by atoms with Crippen LogP contribution in [0.1, 0.15) is 65.8 Å². The van der Waals surface area contributed by atoms with Gasteiger partial charge in [-0.2, -0.15) is 10.2 Å². The first-order valence-corrected chi connectivity index (χ1v) is 10.9. The molecule has 0 unspecified atom stereocenters. The van der Waals surface area contributed by atoms with Crippen LogP contribution < -0.4 is 5.43 Å². The van der Waals surface area contributed by atoms with Crippen LogP contribution in [0.2, 0.25) is 0 Å². The summed E-state index contributed by atoms with van der Waals surface area (Å²) in [6.07, 6.45) is 11.6. The normalized spacial score (nSPS) is 29.4. The number of nitrogens with zero attached hydrogens (tertiary/aromatic N) is 2. The summed E-state index contributed by atoms with van der Waals surface area (Å²) in [6, 6.07) is 7.34. The molecule has 6 nitrogen and oxygen atoms in total. The first-order chi connectivity index (χ1) is 14.6. The van der Waals surface area contributed by atoms with Crippen molar-refractivity contribution < 1.29 is 9.90 Å². The summed E-state index contributed by atoms with van der Waals surface area (Å²) >= 11 is 0. The molecule has 1 aromatic heterocycles. The van der Waals surface area contributed by atoms with Crippen LogP contribution in [0.3, 0.4) is 0 Å². The first-order valence-electron chi connectivity index (χ1n) is 10.9. The smallest absolute Gasteiger partial charge is 0.291 e. The van der Waals surface area contributed by atoms with Gasteiger partial charge in [0, 0.05) is 16.7 Å². The van der Waals surface area contributed by atoms with Crippen molar-refractivity contribution in [2.75, 3.05) is 0 Å². The highest BCUT2D eigenvalue weighted by Gasteiger charge is 2.52. The van der Waals surface area contributed by atoms with Gasteiger partial charge >= 0.3 is 0 Å². The van der Waals surface area contributed by atoms with Crippen molar-refractivity contribution >= 4 is 12.1 Å². The molecule has 0 radical (unpaired) electrons. The fourth-order valence-corrected chi connectivity index (χ4v) is 6.40. The van der Waals surface area contributed by atoms with Crippen molar-refractivity contribution in [3.8, 4) is 5.75 Å². The number of carbonyl (C=O) groups is 1. The lowest BCUT2D eigenvalue weighted by Gasteiger charge is -2.56. The van der Waals surface area contributed by atoms with E-state index in [0.717, 1.165) is 29.0 Å². The van der Waals surface area contributed by atoms with Crippen molar-refractivity contribution in [3.63, 3.8) is 0 Å². The van der Waals surface area contributed by atoms with Crippen LogP contribution >= 0.6 is 0 Å². The van der Waals surface area contributed by atoms with E-state index in [0.29, 0.717) is 17.7 Å². The molecule has 30 heavy (non-hydrogen) atoms. The van der Waals surface area contributed by atoms with Crippen LogP contribution in [0.25, 0.3) is 0 Å². The zero-order valence-corrected chi connectivity index (χ0v) is 17.1. The average Bonchev–Trinajstić information content (AvgIpc) is 3.21. The summed E-state index contributed by atoms with van der Waals surface area (Å²) in [6.45, 7) is 3.69. The number of aromatic amines is 1. The van der Waals surface area contributed by atoms with E-state index < -0.39 is 0 Å². The van der Waals surface area contributed by atoms with E-state index in [1.54, 1.807) is 12.1 Å². The second-order valence-electron chi connectivity index (χ2n) is 9.41. The van der Waals surface area contributed by atoms with E-state index >= 15 is 0 Å². The summed E-state index contributed by atoms with van der Waals surface area (Å²) in [5.74, 6) is 2.32. The SMILES string of the molecule is C=CCc1cccc(/C=N\NC(=O)c2cc(C34CC5CC(CC(C5)C3)C4)[nH]n2)c1O. The van der Waals surface area contributed by atoms with E-state index in [2.05, 4.69) is 27.3 Å². The molecule has 4 aliphatic rings. The second-order valence-corrected chi connectivity index (χ2v) is 9.41. The Kier molecular flexibility index (Phi) is 4.72. The van der Waals surface area contributed by atoms with Crippen molar-refractivity contribution in [1.82, 2.24) is 15.6 Å². The average molecular weight is 405 g/mol. The number of hydrogen-bond donors (Lipinski definition) is 3. The predicted molar refractivity (Wildman–Crippen MR) is 116 cm³/mol. The summed E-state index contributed by atoms with van der Waals surface area (Å²) in [5.41, 5.74) is 5.51. The molecule has 0 atom stereocenters. The number of hydrazone groups is 1. The Bertz CT molecular complexity index is 971. The minimum absolute atomic E-state index is 0.152. The zero-order chi connectivity index (χ0) is 20.7. The van der Waals surface area contributed by atoms with Gasteiger partial charge in [0.25, 0.3) is 5.91 Å². The van der Waals surface area contributed by atoms with Crippen LogP contribution in [0.15, 0.2) is 42.0 Å². The van der Waals surface area contributed by atoms with Gasteiger partial charge in [-0.15, -0.1) is 6.58 Å². The van der Waals surface area contributed by atoms with E-state index in [-0.39, 0.29) is 17.1 Å². The lowest BCUT2D eigenvalue weighted by Crippen LogP contribution is -2.48. The first kappa shape index (κ1) is 19.1. The Morgan fingerprint density at radius 3 is 2.63 bits per heavy atom. The molecule has 0 aliphatic heterocycles. The second kappa shape index (κ2) is 7.42. The lowest BCUT2D eigenvalue weighted by molar-refractivity contribution is -0.00721. The lowest BCUT2D eigenvalue weighted by atomic mass is 9.49. The standard InChI is InChI=1S/C24H28N4O2/c1-2-4-18-5-3-6-19(22(18)29)14-25-28-23(30)20-10-21(27-26-20)24-11-15-7-16(12-24)9-17(8-15)13-24/h2-3,5-6,10,14-17,29H,1,4,7-9,11-13H2,(H,26,27)(H,28,30)/b25-14-. The van der Waals surface area contributed by atoms with Crippen molar-refractivity contribution in [3.05, 3.63) is 59.4 Å². The van der Waals surface area contributed by atoms with Crippen molar-refractivity contribution in [2.24, 2.45) is 22.9 Å².